The van der Waals surface area contributed by atoms with Gasteiger partial charge in [0.05, 0.1) is 26.0 Å². The Morgan fingerprint density at radius 1 is 0.970 bits per heavy atom. The van der Waals surface area contributed by atoms with Crippen molar-refractivity contribution in [1.82, 2.24) is 10.2 Å². The van der Waals surface area contributed by atoms with E-state index in [4.69, 9.17) is 21.1 Å². The molecule has 0 saturated carbocycles. The number of aromatic amines is 1. The van der Waals surface area contributed by atoms with Gasteiger partial charge in [0.15, 0.2) is 11.5 Å². The lowest BCUT2D eigenvalue weighted by Crippen LogP contribution is -2.29. The van der Waals surface area contributed by atoms with Crippen LogP contribution in [-0.2, 0) is 0 Å². The molecule has 5 rings (SSSR count). The minimum atomic E-state index is -0.425. The molecule has 0 saturated heterocycles. The van der Waals surface area contributed by atoms with Crippen molar-refractivity contribution in [3.8, 4) is 22.8 Å². The van der Waals surface area contributed by atoms with Gasteiger partial charge in [0.2, 0.25) is 0 Å². The van der Waals surface area contributed by atoms with Crippen LogP contribution in [0.2, 0.25) is 5.02 Å². The maximum Gasteiger partial charge on any atom is 0.277 e. The first-order valence-corrected chi connectivity index (χ1v) is 11.3. The number of methoxy groups -OCH3 is 2. The van der Waals surface area contributed by atoms with E-state index in [9.17, 15) is 4.79 Å². The van der Waals surface area contributed by atoms with Gasteiger partial charge in [0, 0.05) is 26.3 Å². The molecule has 1 aliphatic rings. The Kier molecular flexibility index (Phi) is 5.60. The molecule has 33 heavy (non-hydrogen) atoms. The maximum atomic E-state index is 13.6. The van der Waals surface area contributed by atoms with E-state index >= 15 is 0 Å². The molecule has 0 spiro atoms. The molecule has 8 heteroatoms. The molecule has 1 N–H and O–H groups in total. The highest BCUT2D eigenvalue weighted by Crippen LogP contribution is 2.46. The number of anilines is 1. The van der Waals surface area contributed by atoms with Crippen LogP contribution in [0.1, 0.15) is 27.7 Å². The lowest BCUT2D eigenvalue weighted by molar-refractivity contribution is 0.0988. The van der Waals surface area contributed by atoms with Gasteiger partial charge < -0.3 is 9.47 Å². The molecule has 1 aliphatic heterocycles. The first kappa shape index (κ1) is 21.6. The second-order valence-corrected chi connectivity index (χ2v) is 8.89. The normalized spacial score (nSPS) is 15.0. The number of aromatic nitrogens is 2. The molecule has 0 fully saturated rings. The monoisotopic (exact) mass is 523 g/mol. The van der Waals surface area contributed by atoms with Crippen LogP contribution in [0.15, 0.2) is 71.2 Å². The number of hydrogen-bond donors (Lipinski definition) is 1. The summed E-state index contributed by atoms with van der Waals surface area (Å²) in [5.74, 6) is 1.03. The Morgan fingerprint density at radius 2 is 1.67 bits per heavy atom. The van der Waals surface area contributed by atoms with Gasteiger partial charge in [-0.1, -0.05) is 45.7 Å². The minimum Gasteiger partial charge on any atom is -0.493 e. The molecule has 4 aromatic rings. The first-order chi connectivity index (χ1) is 16.0. The Bertz CT molecular complexity index is 1340. The summed E-state index contributed by atoms with van der Waals surface area (Å²) >= 11 is 9.59. The lowest BCUT2D eigenvalue weighted by atomic mass is 9.95. The van der Waals surface area contributed by atoms with Crippen LogP contribution in [0.25, 0.3) is 11.3 Å². The summed E-state index contributed by atoms with van der Waals surface area (Å²) in [5.41, 5.74) is 4.51. The van der Waals surface area contributed by atoms with Gasteiger partial charge in [-0.25, -0.2) is 0 Å². The summed E-state index contributed by atoms with van der Waals surface area (Å²) in [4.78, 5) is 15.4. The van der Waals surface area contributed by atoms with Crippen molar-refractivity contribution in [2.45, 2.75) is 6.04 Å². The third kappa shape index (κ3) is 3.67. The molecule has 1 aromatic heterocycles. The van der Waals surface area contributed by atoms with Gasteiger partial charge in [-0.05, 0) is 54.1 Å². The van der Waals surface area contributed by atoms with Crippen molar-refractivity contribution in [3.05, 3.63) is 93.0 Å². The maximum absolute atomic E-state index is 13.6. The topological polar surface area (TPSA) is 67.5 Å². The number of nitrogens with one attached hydrogen (secondary N) is 1. The van der Waals surface area contributed by atoms with Gasteiger partial charge in [0.25, 0.3) is 5.91 Å². The zero-order valence-electron chi connectivity index (χ0n) is 17.8. The Labute approximate surface area is 204 Å². The predicted molar refractivity (Wildman–Crippen MR) is 131 cm³/mol. The number of H-pyrrole nitrogens is 1. The van der Waals surface area contributed by atoms with E-state index in [1.807, 2.05) is 54.6 Å². The largest absolute Gasteiger partial charge is 0.493 e. The lowest BCUT2D eigenvalue weighted by Gasteiger charge is -2.27. The highest BCUT2D eigenvalue weighted by atomic mass is 79.9. The Morgan fingerprint density at radius 3 is 2.33 bits per heavy atom. The standard InChI is InChI=1S/C25H19BrClN3O3/c1-32-19-12-5-15(13-20(19)33-2)24-21-22(14-3-6-16(26)7-4-14)28-29-23(21)25(31)30(24)18-10-8-17(27)9-11-18/h3-13,24H,1-2H3,(H,28,29). The van der Waals surface area contributed by atoms with Crippen LogP contribution in [-0.4, -0.2) is 30.3 Å². The van der Waals surface area contributed by atoms with Crippen LogP contribution in [0.5, 0.6) is 11.5 Å². The third-order valence-electron chi connectivity index (χ3n) is 5.71. The third-order valence-corrected chi connectivity index (χ3v) is 6.49. The summed E-state index contributed by atoms with van der Waals surface area (Å²) in [6.45, 7) is 0. The van der Waals surface area contributed by atoms with Gasteiger partial charge in [-0.2, -0.15) is 5.10 Å². The quantitative estimate of drug-likeness (QED) is 0.335. The van der Waals surface area contributed by atoms with E-state index in [1.165, 1.54) is 0 Å². The fourth-order valence-electron chi connectivity index (χ4n) is 4.18. The SMILES string of the molecule is COc1ccc(C2c3c(-c4ccc(Br)cc4)n[nH]c3C(=O)N2c2ccc(Cl)cc2)cc1OC. The van der Waals surface area contributed by atoms with E-state index in [1.54, 1.807) is 31.3 Å². The average molecular weight is 525 g/mol. The molecule has 0 bridgehead atoms. The fourth-order valence-corrected chi connectivity index (χ4v) is 4.57. The number of ether oxygens (including phenoxy) is 2. The molecule has 0 aliphatic carbocycles. The zero-order valence-corrected chi connectivity index (χ0v) is 20.1. The van der Waals surface area contributed by atoms with Crippen LogP contribution < -0.4 is 14.4 Å². The number of halogens is 2. The minimum absolute atomic E-state index is 0.164. The zero-order chi connectivity index (χ0) is 23.1. The number of fused-ring (bicyclic) bond motifs is 1. The first-order valence-electron chi connectivity index (χ1n) is 10.2. The van der Waals surface area contributed by atoms with Crippen LogP contribution >= 0.6 is 27.5 Å². The van der Waals surface area contributed by atoms with Gasteiger partial charge in [-0.3, -0.25) is 14.8 Å². The van der Waals surface area contributed by atoms with Gasteiger partial charge >= 0.3 is 0 Å². The number of benzene rings is 3. The van der Waals surface area contributed by atoms with Crippen molar-refractivity contribution < 1.29 is 14.3 Å². The number of carbonyl (C=O) groups excluding carboxylic acids is 1. The summed E-state index contributed by atoms with van der Waals surface area (Å²) in [7, 11) is 3.19. The second kappa shape index (κ2) is 8.57. The smallest absolute Gasteiger partial charge is 0.277 e. The van der Waals surface area contributed by atoms with Gasteiger partial charge in [0.1, 0.15) is 5.69 Å². The average Bonchev–Trinajstić information content (AvgIpc) is 3.39. The molecule has 0 radical (unpaired) electrons. The van der Waals surface area contributed by atoms with Crippen molar-refractivity contribution in [3.63, 3.8) is 0 Å². The number of hydrogen-bond acceptors (Lipinski definition) is 4. The number of amides is 1. The molecule has 1 atom stereocenters. The van der Waals surface area contributed by atoms with Crippen molar-refractivity contribution >= 4 is 39.1 Å². The van der Waals surface area contributed by atoms with E-state index < -0.39 is 6.04 Å². The van der Waals surface area contributed by atoms with Crippen LogP contribution in [0, 0.1) is 0 Å². The van der Waals surface area contributed by atoms with Crippen LogP contribution in [0.4, 0.5) is 5.69 Å². The Balaban J connectivity index is 1.72. The molecule has 1 amide bonds. The summed E-state index contributed by atoms with van der Waals surface area (Å²) in [6.07, 6.45) is 0. The highest BCUT2D eigenvalue weighted by molar-refractivity contribution is 9.10. The summed E-state index contributed by atoms with van der Waals surface area (Å²) < 4.78 is 11.9. The summed E-state index contributed by atoms with van der Waals surface area (Å²) in [5, 5.41) is 8.09. The molecule has 166 valence electrons. The second-order valence-electron chi connectivity index (χ2n) is 7.54. The fraction of sp³-hybridized carbons (Fsp3) is 0.120. The van der Waals surface area contributed by atoms with Crippen molar-refractivity contribution in [2.24, 2.45) is 0 Å². The van der Waals surface area contributed by atoms with Crippen molar-refractivity contribution in [2.75, 3.05) is 19.1 Å². The van der Waals surface area contributed by atoms with E-state index in [0.717, 1.165) is 32.5 Å². The molecular weight excluding hydrogens is 506 g/mol. The van der Waals surface area contributed by atoms with Crippen LogP contribution in [0.3, 0.4) is 0 Å². The molecule has 3 aromatic carbocycles. The number of carbonyl (C=O) groups is 1. The summed E-state index contributed by atoms with van der Waals surface area (Å²) in [6, 6.07) is 20.3. The molecule has 1 unspecified atom stereocenters. The van der Waals surface area contributed by atoms with Gasteiger partial charge in [-0.15, -0.1) is 0 Å². The van der Waals surface area contributed by atoms with Crippen molar-refractivity contribution in [1.29, 1.82) is 0 Å². The number of rotatable bonds is 5. The molecule has 2 heterocycles. The number of nitrogens with zero attached hydrogens (tertiary/aromatic N) is 2. The van der Waals surface area contributed by atoms with E-state index in [-0.39, 0.29) is 5.91 Å². The van der Waals surface area contributed by atoms with E-state index in [2.05, 4.69) is 26.1 Å². The molecule has 6 nitrogen and oxygen atoms in total. The Hall–Kier alpha value is -3.29. The molecular formula is C25H19BrClN3O3. The predicted octanol–water partition coefficient (Wildman–Crippen LogP) is 6.26. The van der Waals surface area contributed by atoms with E-state index in [0.29, 0.717) is 22.2 Å². The highest BCUT2D eigenvalue weighted by Gasteiger charge is 2.43.